The third kappa shape index (κ3) is 9.29. The molecule has 0 radical (unpaired) electrons. The lowest BCUT2D eigenvalue weighted by Crippen LogP contribution is -2.01. The normalized spacial score (nSPS) is 12.2. The van der Waals surface area contributed by atoms with Crippen LogP contribution in [0.3, 0.4) is 0 Å². The lowest BCUT2D eigenvalue weighted by atomic mass is 10.3. The number of hydrogen-bond donors (Lipinski definition) is 4. The van der Waals surface area contributed by atoms with Crippen LogP contribution in [0.4, 0.5) is 0 Å². The zero-order chi connectivity index (χ0) is 7.98. The second-order valence-electron chi connectivity index (χ2n) is 1.68. The van der Waals surface area contributed by atoms with Crippen LogP contribution < -0.4 is 5.73 Å². The Hall–Kier alpha value is -0.710. The zero-order valence-electron chi connectivity index (χ0n) is 5.84. The Labute approximate surface area is 71.1 Å². The summed E-state index contributed by atoms with van der Waals surface area (Å²) in [6.45, 7) is 0.317. The molecular formula is C6H12ClNO3. The summed E-state index contributed by atoms with van der Waals surface area (Å²) in [5.41, 5.74) is 5.06. The van der Waals surface area contributed by atoms with Gasteiger partial charge in [-0.05, 0) is 0 Å². The van der Waals surface area contributed by atoms with Crippen LogP contribution in [0.1, 0.15) is 0 Å². The molecular weight excluding hydrogens is 170 g/mol. The largest absolute Gasteiger partial charge is 0.481 e. The van der Waals surface area contributed by atoms with Crippen LogP contribution in [-0.2, 0) is 0 Å². The Kier molecular flexibility index (Phi) is 8.69. The highest BCUT2D eigenvalue weighted by molar-refractivity contribution is 5.85. The standard InChI is InChI=1S/C6H11NO3.ClH/c7-3-1-2-5(8)4-6(9)10;/h1-2,4-5,8-10H,3,7H2;1H. The molecule has 0 aliphatic heterocycles. The van der Waals surface area contributed by atoms with E-state index in [1.807, 2.05) is 0 Å². The van der Waals surface area contributed by atoms with Crippen LogP contribution >= 0.6 is 12.4 Å². The van der Waals surface area contributed by atoms with Crippen molar-refractivity contribution < 1.29 is 15.3 Å². The quantitative estimate of drug-likeness (QED) is 0.371. The van der Waals surface area contributed by atoms with Gasteiger partial charge in [0, 0.05) is 12.6 Å². The van der Waals surface area contributed by atoms with Gasteiger partial charge < -0.3 is 21.1 Å². The number of hydrogen-bond acceptors (Lipinski definition) is 4. The summed E-state index contributed by atoms with van der Waals surface area (Å²) < 4.78 is 0. The molecule has 66 valence electrons. The third-order valence-corrected chi connectivity index (χ3v) is 0.789. The van der Waals surface area contributed by atoms with Crippen LogP contribution in [0.5, 0.6) is 0 Å². The molecule has 0 heterocycles. The summed E-state index contributed by atoms with van der Waals surface area (Å²) in [6, 6.07) is 0. The first-order chi connectivity index (χ1) is 4.66. The highest BCUT2D eigenvalue weighted by atomic mass is 35.5. The van der Waals surface area contributed by atoms with Crippen molar-refractivity contribution in [3.63, 3.8) is 0 Å². The highest BCUT2D eigenvalue weighted by Crippen LogP contribution is 1.90. The number of halogens is 1. The molecule has 0 spiro atoms. The molecule has 0 saturated carbocycles. The van der Waals surface area contributed by atoms with Gasteiger partial charge in [0.2, 0.25) is 0 Å². The van der Waals surface area contributed by atoms with Gasteiger partial charge in [-0.15, -0.1) is 12.4 Å². The molecule has 0 aliphatic rings. The van der Waals surface area contributed by atoms with E-state index >= 15 is 0 Å². The van der Waals surface area contributed by atoms with E-state index in [9.17, 15) is 0 Å². The molecule has 0 amide bonds. The molecule has 0 fully saturated rings. The Morgan fingerprint density at radius 2 is 2.00 bits per heavy atom. The van der Waals surface area contributed by atoms with E-state index in [1.54, 1.807) is 0 Å². The fourth-order valence-corrected chi connectivity index (χ4v) is 0.426. The molecule has 0 aromatic heterocycles. The predicted molar refractivity (Wildman–Crippen MR) is 44.8 cm³/mol. The van der Waals surface area contributed by atoms with Gasteiger partial charge in [0.05, 0.1) is 6.10 Å². The maximum absolute atomic E-state index is 8.81. The number of nitrogens with two attached hydrogens (primary N) is 1. The topological polar surface area (TPSA) is 86.7 Å². The van der Waals surface area contributed by atoms with Crippen molar-refractivity contribution in [2.24, 2.45) is 5.73 Å². The number of rotatable bonds is 3. The Morgan fingerprint density at radius 3 is 2.36 bits per heavy atom. The van der Waals surface area contributed by atoms with Crippen molar-refractivity contribution in [1.29, 1.82) is 0 Å². The van der Waals surface area contributed by atoms with Gasteiger partial charge in [0.1, 0.15) is 0 Å². The summed E-state index contributed by atoms with van der Waals surface area (Å²) in [6.07, 6.45) is 2.77. The van der Waals surface area contributed by atoms with E-state index in [4.69, 9.17) is 21.1 Å². The van der Waals surface area contributed by atoms with Gasteiger partial charge >= 0.3 is 0 Å². The maximum Gasteiger partial charge on any atom is 0.272 e. The second-order valence-corrected chi connectivity index (χ2v) is 1.68. The minimum atomic E-state index is -0.978. The van der Waals surface area contributed by atoms with Crippen molar-refractivity contribution in [2.45, 2.75) is 6.10 Å². The lowest BCUT2D eigenvalue weighted by Gasteiger charge is -1.95. The van der Waals surface area contributed by atoms with Crippen LogP contribution in [0, 0.1) is 0 Å². The molecule has 4 nitrogen and oxygen atoms in total. The van der Waals surface area contributed by atoms with E-state index in [0.29, 0.717) is 6.54 Å². The molecule has 1 atom stereocenters. The lowest BCUT2D eigenvalue weighted by molar-refractivity contribution is 0.175. The molecule has 0 saturated heterocycles. The van der Waals surface area contributed by atoms with E-state index in [0.717, 1.165) is 6.08 Å². The molecule has 0 rings (SSSR count). The van der Waals surface area contributed by atoms with Crippen molar-refractivity contribution in [3.05, 3.63) is 24.2 Å². The highest BCUT2D eigenvalue weighted by Gasteiger charge is 1.93. The summed E-state index contributed by atoms with van der Waals surface area (Å²) in [7, 11) is 0. The second kappa shape index (κ2) is 7.40. The summed E-state index contributed by atoms with van der Waals surface area (Å²) in [4.78, 5) is 0. The number of aliphatic hydroxyl groups excluding tert-OH is 2. The number of aliphatic hydroxyl groups is 3. The van der Waals surface area contributed by atoms with Crippen molar-refractivity contribution in [3.8, 4) is 0 Å². The SMILES string of the molecule is Cl.NCC=CC(O)C=C(O)O. The summed E-state index contributed by atoms with van der Waals surface area (Å²) in [5.74, 6) is -0.894. The Bertz CT molecular complexity index is 143. The summed E-state index contributed by atoms with van der Waals surface area (Å²) >= 11 is 0. The van der Waals surface area contributed by atoms with E-state index in [2.05, 4.69) is 0 Å². The van der Waals surface area contributed by atoms with Crippen LogP contribution in [0.15, 0.2) is 24.2 Å². The Balaban J connectivity index is 0. The molecule has 5 heteroatoms. The monoisotopic (exact) mass is 181 g/mol. The minimum absolute atomic E-state index is 0. The van der Waals surface area contributed by atoms with E-state index < -0.39 is 12.0 Å². The smallest absolute Gasteiger partial charge is 0.272 e. The van der Waals surface area contributed by atoms with Crippen LogP contribution in [-0.4, -0.2) is 28.0 Å². The molecule has 0 aromatic rings. The minimum Gasteiger partial charge on any atom is -0.481 e. The molecule has 0 aliphatic carbocycles. The molecule has 0 aromatic carbocycles. The van der Waals surface area contributed by atoms with Crippen molar-refractivity contribution in [2.75, 3.05) is 6.54 Å². The molecule has 11 heavy (non-hydrogen) atoms. The van der Waals surface area contributed by atoms with Gasteiger partial charge in [0.25, 0.3) is 5.95 Å². The van der Waals surface area contributed by atoms with E-state index in [-0.39, 0.29) is 12.4 Å². The van der Waals surface area contributed by atoms with Crippen LogP contribution in [0.2, 0.25) is 0 Å². The van der Waals surface area contributed by atoms with Crippen LogP contribution in [0.25, 0.3) is 0 Å². The predicted octanol–water partition coefficient (Wildman–Crippen LogP) is 0.241. The zero-order valence-corrected chi connectivity index (χ0v) is 6.66. The van der Waals surface area contributed by atoms with Crippen molar-refractivity contribution >= 4 is 12.4 Å². The average molecular weight is 182 g/mol. The Morgan fingerprint density at radius 1 is 1.45 bits per heavy atom. The molecule has 5 N–H and O–H groups in total. The van der Waals surface area contributed by atoms with Gasteiger partial charge in [-0.2, -0.15) is 0 Å². The first-order valence-electron chi connectivity index (χ1n) is 2.81. The van der Waals surface area contributed by atoms with Crippen molar-refractivity contribution in [1.82, 2.24) is 0 Å². The van der Waals surface area contributed by atoms with E-state index in [1.165, 1.54) is 12.2 Å². The summed E-state index contributed by atoms with van der Waals surface area (Å²) in [5, 5.41) is 25.2. The van der Waals surface area contributed by atoms with Gasteiger partial charge in [-0.3, -0.25) is 0 Å². The molecule has 0 bridgehead atoms. The molecule has 1 unspecified atom stereocenters. The first-order valence-corrected chi connectivity index (χ1v) is 2.81. The fraction of sp³-hybridized carbons (Fsp3) is 0.333. The van der Waals surface area contributed by atoms with Gasteiger partial charge in [-0.1, -0.05) is 12.2 Å². The maximum atomic E-state index is 8.81. The van der Waals surface area contributed by atoms with Gasteiger partial charge in [-0.25, -0.2) is 0 Å². The van der Waals surface area contributed by atoms with Gasteiger partial charge in [0.15, 0.2) is 0 Å². The average Bonchev–Trinajstić information content (AvgIpc) is 1.82. The first kappa shape index (κ1) is 12.9. The fourth-order valence-electron chi connectivity index (χ4n) is 0.426. The third-order valence-electron chi connectivity index (χ3n) is 0.789.